The van der Waals surface area contributed by atoms with Crippen molar-refractivity contribution in [2.75, 3.05) is 0 Å². The number of nitrogens with zero attached hydrogens (tertiary/aromatic N) is 2. The molecule has 4 nitrogen and oxygen atoms in total. The minimum atomic E-state index is -0.628. The molecule has 0 amide bonds. The van der Waals surface area contributed by atoms with Crippen LogP contribution in [0, 0.1) is 10.1 Å². The fraction of sp³-hybridized carbons (Fsp3) is 0.714. The molecule has 62 valence electrons. The van der Waals surface area contributed by atoms with Gasteiger partial charge < -0.3 is 10.3 Å². The van der Waals surface area contributed by atoms with Crippen LogP contribution in [-0.4, -0.2) is 21.4 Å². The van der Waals surface area contributed by atoms with Gasteiger partial charge in [0.2, 0.25) is 12.2 Å². The zero-order chi connectivity index (χ0) is 8.65. The van der Waals surface area contributed by atoms with Crippen LogP contribution in [0.1, 0.15) is 20.8 Å². The molecule has 4 heteroatoms. The Labute approximate surface area is 65.6 Å². The Bertz CT molecular complexity index is 210. The number of hydrogen-bond donors (Lipinski definition) is 0. The standard InChI is InChI=1S/C7H12N2O2/c1-6-7(2,3)9(11)5-4-8(6)10/h4-6H,1-3H3. The molecular weight excluding hydrogens is 144 g/mol. The van der Waals surface area contributed by atoms with Gasteiger partial charge in [0, 0.05) is 16.6 Å². The van der Waals surface area contributed by atoms with Crippen molar-refractivity contribution in [1.82, 2.24) is 5.06 Å². The van der Waals surface area contributed by atoms with Crippen molar-refractivity contribution in [2.45, 2.75) is 32.4 Å². The minimum absolute atomic E-state index is 0.301. The van der Waals surface area contributed by atoms with Gasteiger partial charge in [0.15, 0.2) is 0 Å². The average Bonchev–Trinajstić information content (AvgIpc) is 1.95. The molecule has 0 saturated heterocycles. The highest BCUT2D eigenvalue weighted by Gasteiger charge is 2.39. The second-order valence-corrected chi connectivity index (χ2v) is 3.31. The summed E-state index contributed by atoms with van der Waals surface area (Å²) in [6, 6.07) is -0.301. The maximum Gasteiger partial charge on any atom is 0.236 e. The topological polar surface area (TPSA) is 46.4 Å². The van der Waals surface area contributed by atoms with E-state index < -0.39 is 5.54 Å². The average molecular weight is 156 g/mol. The van der Waals surface area contributed by atoms with E-state index in [1.165, 1.54) is 12.4 Å². The van der Waals surface area contributed by atoms with Crippen molar-refractivity contribution in [3.63, 3.8) is 0 Å². The van der Waals surface area contributed by atoms with Crippen LogP contribution < -0.4 is 0 Å². The van der Waals surface area contributed by atoms with Crippen molar-refractivity contribution in [3.05, 3.63) is 22.5 Å². The Morgan fingerprint density at radius 2 is 2.18 bits per heavy atom. The number of nitroso groups, excluding NO2 is 1. The fourth-order valence-electron chi connectivity index (χ4n) is 0.943. The predicted octanol–water partition coefficient (Wildman–Crippen LogP) is 1.22. The molecule has 0 N–H and O–H groups in total. The molecule has 11 heavy (non-hydrogen) atoms. The molecule has 0 aromatic carbocycles. The first-order chi connectivity index (χ1) is 4.96. The van der Waals surface area contributed by atoms with Crippen LogP contribution >= 0.6 is 0 Å². The van der Waals surface area contributed by atoms with Crippen molar-refractivity contribution in [3.8, 4) is 0 Å². The Morgan fingerprint density at radius 1 is 1.64 bits per heavy atom. The molecule has 0 aliphatic carbocycles. The second-order valence-electron chi connectivity index (χ2n) is 3.31. The monoisotopic (exact) mass is 156 g/mol. The van der Waals surface area contributed by atoms with E-state index in [2.05, 4.69) is 0 Å². The molecule has 0 saturated carbocycles. The SMILES string of the molecule is CC1[N+](=O)C=CN([O-])C1(C)C. The highest BCUT2D eigenvalue weighted by atomic mass is 16.5. The molecule has 0 spiro atoms. The summed E-state index contributed by atoms with van der Waals surface area (Å²) < 4.78 is 0.800. The molecule has 0 radical (unpaired) electrons. The van der Waals surface area contributed by atoms with E-state index >= 15 is 0 Å². The number of hydroxylamine groups is 2. The fourth-order valence-corrected chi connectivity index (χ4v) is 0.943. The largest absolute Gasteiger partial charge is 0.758 e. The summed E-state index contributed by atoms with van der Waals surface area (Å²) in [6.07, 6.45) is 2.51. The Morgan fingerprint density at radius 3 is 2.64 bits per heavy atom. The lowest BCUT2D eigenvalue weighted by molar-refractivity contribution is -0.539. The van der Waals surface area contributed by atoms with Gasteiger partial charge in [0.05, 0.1) is 11.7 Å². The molecular formula is C7H12N2O2. The summed E-state index contributed by atoms with van der Waals surface area (Å²) in [7, 11) is 0. The summed E-state index contributed by atoms with van der Waals surface area (Å²) in [4.78, 5) is 11.0. The zero-order valence-corrected chi connectivity index (χ0v) is 6.94. The number of rotatable bonds is 0. The van der Waals surface area contributed by atoms with Crippen molar-refractivity contribution >= 4 is 0 Å². The molecule has 1 atom stereocenters. The smallest absolute Gasteiger partial charge is 0.236 e. The Kier molecular flexibility index (Phi) is 1.72. The summed E-state index contributed by atoms with van der Waals surface area (Å²) in [6.45, 7) is 5.24. The van der Waals surface area contributed by atoms with Crippen LogP contribution in [0.4, 0.5) is 0 Å². The van der Waals surface area contributed by atoms with Gasteiger partial charge in [-0.1, -0.05) is 0 Å². The van der Waals surface area contributed by atoms with Crippen LogP contribution in [-0.2, 0) is 0 Å². The molecule has 0 fully saturated rings. The second kappa shape index (κ2) is 2.30. The van der Waals surface area contributed by atoms with Crippen molar-refractivity contribution in [1.29, 1.82) is 0 Å². The molecule has 1 aliphatic heterocycles. The summed E-state index contributed by atoms with van der Waals surface area (Å²) >= 11 is 0. The highest BCUT2D eigenvalue weighted by Crippen LogP contribution is 2.23. The molecule has 1 rings (SSSR count). The van der Waals surface area contributed by atoms with Crippen LogP contribution in [0.5, 0.6) is 0 Å². The third-order valence-corrected chi connectivity index (χ3v) is 2.32. The third kappa shape index (κ3) is 1.14. The van der Waals surface area contributed by atoms with Crippen LogP contribution in [0.15, 0.2) is 12.4 Å². The van der Waals surface area contributed by atoms with Crippen LogP contribution in [0.25, 0.3) is 0 Å². The van der Waals surface area contributed by atoms with Crippen molar-refractivity contribution < 1.29 is 4.76 Å². The van der Waals surface area contributed by atoms with Gasteiger partial charge in [0.1, 0.15) is 0 Å². The van der Waals surface area contributed by atoms with Gasteiger partial charge in [-0.05, 0) is 13.8 Å². The van der Waals surface area contributed by atoms with E-state index in [1.807, 2.05) is 0 Å². The van der Waals surface area contributed by atoms with Gasteiger partial charge in [0.25, 0.3) is 0 Å². The van der Waals surface area contributed by atoms with E-state index in [9.17, 15) is 10.1 Å². The maximum absolute atomic E-state index is 11.1. The first-order valence-corrected chi connectivity index (χ1v) is 3.56. The Balaban J connectivity index is 2.97. The first-order valence-electron chi connectivity index (χ1n) is 3.56. The first kappa shape index (κ1) is 8.20. The highest BCUT2D eigenvalue weighted by molar-refractivity contribution is 4.97. The normalized spacial score (nSPS) is 29.3. The zero-order valence-electron chi connectivity index (χ0n) is 6.94. The predicted molar refractivity (Wildman–Crippen MR) is 41.5 cm³/mol. The van der Waals surface area contributed by atoms with Crippen molar-refractivity contribution in [2.24, 2.45) is 0 Å². The van der Waals surface area contributed by atoms with E-state index in [0.29, 0.717) is 0 Å². The molecule has 0 aromatic heterocycles. The summed E-state index contributed by atoms with van der Waals surface area (Å²) in [5.41, 5.74) is -0.628. The lowest BCUT2D eigenvalue weighted by atomic mass is 9.95. The summed E-state index contributed by atoms with van der Waals surface area (Å²) in [5.74, 6) is 0. The van der Waals surface area contributed by atoms with Crippen LogP contribution in [0.2, 0.25) is 0 Å². The van der Waals surface area contributed by atoms with Gasteiger partial charge in [-0.3, -0.25) is 0 Å². The van der Waals surface area contributed by atoms with E-state index in [0.717, 1.165) is 9.82 Å². The number of hydrogen-bond acceptors (Lipinski definition) is 3. The minimum Gasteiger partial charge on any atom is -0.758 e. The Hall–Kier alpha value is -0.900. The molecule has 0 bridgehead atoms. The van der Waals surface area contributed by atoms with Gasteiger partial charge in [-0.2, -0.15) is 0 Å². The quantitative estimate of drug-likeness (QED) is 0.495. The molecule has 1 unspecified atom stereocenters. The summed E-state index contributed by atoms with van der Waals surface area (Å²) in [5, 5.41) is 11.9. The van der Waals surface area contributed by atoms with E-state index in [4.69, 9.17) is 0 Å². The maximum atomic E-state index is 11.1. The van der Waals surface area contributed by atoms with Crippen LogP contribution in [0.3, 0.4) is 0 Å². The van der Waals surface area contributed by atoms with Gasteiger partial charge >= 0.3 is 0 Å². The van der Waals surface area contributed by atoms with E-state index in [-0.39, 0.29) is 6.04 Å². The lowest BCUT2D eigenvalue weighted by Crippen LogP contribution is -2.52. The molecule has 1 aliphatic rings. The third-order valence-electron chi connectivity index (χ3n) is 2.32. The molecule has 1 heterocycles. The lowest BCUT2D eigenvalue weighted by Gasteiger charge is -2.44. The van der Waals surface area contributed by atoms with Gasteiger partial charge in [-0.15, -0.1) is 0 Å². The van der Waals surface area contributed by atoms with E-state index in [1.54, 1.807) is 20.8 Å². The molecule has 0 aromatic rings. The van der Waals surface area contributed by atoms with Gasteiger partial charge in [-0.25, -0.2) is 0 Å².